The Morgan fingerprint density at radius 1 is 1.48 bits per heavy atom. The monoisotopic (exact) mass is 290 g/mol. The number of ether oxygens (including phenoxy) is 1. The first kappa shape index (κ1) is 16.0. The first-order valence-electron chi connectivity index (χ1n) is 7.69. The molecule has 0 amide bonds. The average molecular weight is 290 g/mol. The minimum atomic E-state index is -0.207. The number of carbonyl (C=O) groups is 1. The highest BCUT2D eigenvalue weighted by atomic mass is 16.5. The van der Waals surface area contributed by atoms with Crippen LogP contribution in [0.5, 0.6) is 0 Å². The number of hydrogen-bond donors (Lipinski definition) is 0. The molecule has 0 saturated heterocycles. The van der Waals surface area contributed by atoms with E-state index in [-0.39, 0.29) is 11.9 Å². The summed E-state index contributed by atoms with van der Waals surface area (Å²) in [6.45, 7) is 3.08. The maximum absolute atomic E-state index is 12.1. The van der Waals surface area contributed by atoms with Gasteiger partial charge in [0.1, 0.15) is 0 Å². The van der Waals surface area contributed by atoms with Crippen molar-refractivity contribution >= 4 is 5.97 Å². The summed E-state index contributed by atoms with van der Waals surface area (Å²) in [5.41, 5.74) is 3.34. The molecule has 1 saturated carbocycles. The number of rotatable bonds is 7. The molecule has 0 bridgehead atoms. The van der Waals surface area contributed by atoms with E-state index in [4.69, 9.17) is 4.74 Å². The van der Waals surface area contributed by atoms with Crippen molar-refractivity contribution in [3.05, 3.63) is 29.1 Å². The normalized spacial score (nSPS) is 16.0. The van der Waals surface area contributed by atoms with Gasteiger partial charge in [0.25, 0.3) is 0 Å². The molecule has 2 rings (SSSR count). The van der Waals surface area contributed by atoms with Gasteiger partial charge < -0.3 is 9.64 Å². The molecule has 1 atom stereocenters. The second-order valence-electron chi connectivity index (χ2n) is 6.34. The summed E-state index contributed by atoms with van der Waals surface area (Å²) in [6.07, 6.45) is 6.20. The van der Waals surface area contributed by atoms with E-state index in [0.29, 0.717) is 5.92 Å². The highest BCUT2D eigenvalue weighted by Gasteiger charge is 2.32. The van der Waals surface area contributed by atoms with Crippen LogP contribution < -0.4 is 0 Å². The largest absolute Gasteiger partial charge is 0.469 e. The molecule has 1 aliphatic rings. The van der Waals surface area contributed by atoms with Gasteiger partial charge in [-0.05, 0) is 57.0 Å². The predicted molar refractivity (Wildman–Crippen MR) is 83.3 cm³/mol. The van der Waals surface area contributed by atoms with E-state index >= 15 is 0 Å². The van der Waals surface area contributed by atoms with Crippen LogP contribution in [0.2, 0.25) is 0 Å². The van der Waals surface area contributed by atoms with Crippen LogP contribution in [0.4, 0.5) is 0 Å². The summed E-state index contributed by atoms with van der Waals surface area (Å²) >= 11 is 0. The molecule has 0 N–H and O–H groups in total. The first-order valence-corrected chi connectivity index (χ1v) is 7.69. The minimum Gasteiger partial charge on any atom is -0.469 e. The van der Waals surface area contributed by atoms with Crippen molar-refractivity contribution in [3.63, 3.8) is 0 Å². The quantitative estimate of drug-likeness (QED) is 0.724. The van der Waals surface area contributed by atoms with E-state index < -0.39 is 0 Å². The highest BCUT2D eigenvalue weighted by Crippen LogP contribution is 2.38. The van der Waals surface area contributed by atoms with Crippen LogP contribution in [-0.2, 0) is 16.0 Å². The van der Waals surface area contributed by atoms with Crippen LogP contribution in [0, 0.1) is 12.8 Å². The number of aromatic nitrogens is 1. The predicted octanol–water partition coefficient (Wildman–Crippen LogP) is 2.55. The molecule has 4 heteroatoms. The molecule has 0 spiro atoms. The minimum absolute atomic E-state index is 0.156. The number of methoxy groups -OCH3 is 1. The van der Waals surface area contributed by atoms with Crippen LogP contribution >= 0.6 is 0 Å². The van der Waals surface area contributed by atoms with Gasteiger partial charge in [-0.25, -0.2) is 0 Å². The molecule has 4 nitrogen and oxygen atoms in total. The first-order chi connectivity index (χ1) is 10.0. The summed E-state index contributed by atoms with van der Waals surface area (Å²) in [6, 6.07) is 2.10. The molecule has 1 aromatic rings. The summed E-state index contributed by atoms with van der Waals surface area (Å²) in [5, 5.41) is 0. The van der Waals surface area contributed by atoms with Gasteiger partial charge in [-0.3, -0.25) is 9.78 Å². The molecule has 116 valence electrons. The van der Waals surface area contributed by atoms with Crippen molar-refractivity contribution in [2.24, 2.45) is 5.92 Å². The third-order valence-electron chi connectivity index (χ3n) is 4.17. The van der Waals surface area contributed by atoms with Crippen molar-refractivity contribution in [3.8, 4) is 0 Å². The summed E-state index contributed by atoms with van der Waals surface area (Å²) in [7, 11) is 5.60. The number of esters is 1. The average Bonchev–Trinajstić information content (AvgIpc) is 3.27. The maximum atomic E-state index is 12.1. The Hall–Kier alpha value is -1.42. The molecule has 0 aromatic carbocycles. The van der Waals surface area contributed by atoms with Gasteiger partial charge in [-0.1, -0.05) is 12.8 Å². The Balaban J connectivity index is 2.18. The number of aryl methyl sites for hydroxylation is 1. The number of likely N-dealkylation sites (N-methyl/N-ethyl adjacent to an activating group) is 1. The Morgan fingerprint density at radius 2 is 2.19 bits per heavy atom. The molecule has 1 fully saturated rings. The molecule has 0 aliphatic heterocycles. The lowest BCUT2D eigenvalue weighted by Gasteiger charge is -2.17. The van der Waals surface area contributed by atoms with Crippen LogP contribution in [-0.4, -0.2) is 43.6 Å². The SMILES string of the molecule is COC(=O)C(CC1CC1)c1cc(CCN(C)C)c(C)cn1. The molecular formula is C17H26N2O2. The van der Waals surface area contributed by atoms with Gasteiger partial charge in [0, 0.05) is 12.7 Å². The fourth-order valence-corrected chi connectivity index (χ4v) is 2.55. The molecular weight excluding hydrogens is 264 g/mol. The lowest BCUT2D eigenvalue weighted by atomic mass is 9.95. The van der Waals surface area contributed by atoms with Crippen molar-refractivity contribution in [1.82, 2.24) is 9.88 Å². The number of carbonyl (C=O) groups excluding carboxylic acids is 1. The van der Waals surface area contributed by atoms with E-state index in [0.717, 1.165) is 25.1 Å². The third kappa shape index (κ3) is 4.53. The van der Waals surface area contributed by atoms with Crippen molar-refractivity contribution < 1.29 is 9.53 Å². The second kappa shape index (κ2) is 7.03. The van der Waals surface area contributed by atoms with Crippen molar-refractivity contribution in [2.75, 3.05) is 27.7 Å². The van der Waals surface area contributed by atoms with E-state index in [9.17, 15) is 4.79 Å². The summed E-state index contributed by atoms with van der Waals surface area (Å²) < 4.78 is 4.98. The van der Waals surface area contributed by atoms with E-state index in [2.05, 4.69) is 37.0 Å². The molecule has 1 heterocycles. The van der Waals surface area contributed by atoms with E-state index in [1.807, 2.05) is 6.20 Å². The Morgan fingerprint density at radius 3 is 2.76 bits per heavy atom. The third-order valence-corrected chi connectivity index (χ3v) is 4.17. The zero-order chi connectivity index (χ0) is 15.4. The summed E-state index contributed by atoms with van der Waals surface area (Å²) in [4.78, 5) is 18.7. The number of hydrogen-bond acceptors (Lipinski definition) is 4. The van der Waals surface area contributed by atoms with Crippen LogP contribution in [0.15, 0.2) is 12.3 Å². The lowest BCUT2D eigenvalue weighted by Crippen LogP contribution is -2.18. The van der Waals surface area contributed by atoms with Gasteiger partial charge in [0.2, 0.25) is 0 Å². The highest BCUT2D eigenvalue weighted by molar-refractivity contribution is 5.77. The smallest absolute Gasteiger partial charge is 0.314 e. The molecule has 1 aromatic heterocycles. The molecule has 1 unspecified atom stereocenters. The second-order valence-corrected chi connectivity index (χ2v) is 6.34. The van der Waals surface area contributed by atoms with Crippen LogP contribution in [0.3, 0.4) is 0 Å². The van der Waals surface area contributed by atoms with Gasteiger partial charge >= 0.3 is 5.97 Å². The standard InChI is InChI=1S/C17H26N2O2/c1-12-11-18-16(10-14(12)7-8-19(2)3)15(17(20)21-4)9-13-5-6-13/h10-11,13,15H,5-9H2,1-4H3. The zero-order valence-corrected chi connectivity index (χ0v) is 13.6. The number of nitrogens with zero attached hydrogens (tertiary/aromatic N) is 2. The van der Waals surface area contributed by atoms with E-state index in [1.54, 1.807) is 0 Å². The summed E-state index contributed by atoms with van der Waals surface area (Å²) in [5.74, 6) is 0.306. The molecule has 21 heavy (non-hydrogen) atoms. The van der Waals surface area contributed by atoms with Gasteiger partial charge in [0.15, 0.2) is 0 Å². The van der Waals surface area contributed by atoms with Gasteiger partial charge in [0.05, 0.1) is 18.7 Å². The number of pyridine rings is 1. The Kier molecular flexibility index (Phi) is 5.34. The zero-order valence-electron chi connectivity index (χ0n) is 13.6. The Labute approximate surface area is 127 Å². The fraction of sp³-hybridized carbons (Fsp3) is 0.647. The van der Waals surface area contributed by atoms with E-state index in [1.165, 1.54) is 31.1 Å². The topological polar surface area (TPSA) is 42.4 Å². The molecule has 0 radical (unpaired) electrons. The van der Waals surface area contributed by atoms with Crippen LogP contribution in [0.1, 0.15) is 42.0 Å². The molecule has 1 aliphatic carbocycles. The van der Waals surface area contributed by atoms with Gasteiger partial charge in [-0.15, -0.1) is 0 Å². The maximum Gasteiger partial charge on any atom is 0.314 e. The fourth-order valence-electron chi connectivity index (χ4n) is 2.55. The lowest BCUT2D eigenvalue weighted by molar-refractivity contribution is -0.142. The Bertz CT molecular complexity index is 496. The van der Waals surface area contributed by atoms with Crippen molar-refractivity contribution in [2.45, 2.75) is 38.5 Å². The van der Waals surface area contributed by atoms with Crippen LogP contribution in [0.25, 0.3) is 0 Å². The van der Waals surface area contributed by atoms with Gasteiger partial charge in [-0.2, -0.15) is 0 Å². The van der Waals surface area contributed by atoms with Crippen molar-refractivity contribution in [1.29, 1.82) is 0 Å².